The number of carbonyl (C=O) groups excluding carboxylic acids is 2. The third kappa shape index (κ3) is 52.2. The molecule has 388 valence electrons. The number of unbranched alkanes of at least 4 members (excludes halogenated alkanes) is 39. The van der Waals surface area contributed by atoms with Crippen LogP contribution in [0, 0.1) is 0 Å². The first-order valence-corrected chi connectivity index (χ1v) is 29.7. The van der Waals surface area contributed by atoms with Gasteiger partial charge in [0.05, 0.1) is 27.7 Å². The Hall–Kier alpha value is -0.990. The lowest BCUT2D eigenvalue weighted by Crippen LogP contribution is -2.37. The lowest BCUT2D eigenvalue weighted by Gasteiger charge is -2.28. The largest absolute Gasteiger partial charge is 0.756 e. The van der Waals surface area contributed by atoms with Crippen LogP contribution in [0.1, 0.15) is 290 Å². The van der Waals surface area contributed by atoms with E-state index in [9.17, 15) is 19.0 Å². The molecule has 10 heteroatoms. The van der Waals surface area contributed by atoms with Crippen LogP contribution in [0.3, 0.4) is 0 Å². The number of rotatable bonds is 53. The number of carbonyl (C=O) groups is 2. The Morgan fingerprint density at radius 3 is 0.985 bits per heavy atom. The maximum absolute atomic E-state index is 12.8. The molecule has 0 rings (SSSR count). The Morgan fingerprint density at radius 2 is 0.692 bits per heavy atom. The van der Waals surface area contributed by atoms with E-state index < -0.39 is 26.5 Å². The predicted octanol–water partition coefficient (Wildman–Crippen LogP) is 16.5. The second-order valence-electron chi connectivity index (χ2n) is 20.7. The summed E-state index contributed by atoms with van der Waals surface area (Å²) in [5.41, 5.74) is 0. The number of hydrogen-bond acceptors (Lipinski definition) is 8. The minimum absolute atomic E-state index is 0.0254. The summed E-state index contributed by atoms with van der Waals surface area (Å²) >= 11 is 0. The lowest BCUT2D eigenvalue weighted by atomic mass is 10.0. The molecule has 0 bridgehead atoms. The molecule has 0 fully saturated rings. The molecule has 0 radical (unpaired) electrons. The second kappa shape index (κ2) is 48.1. The van der Waals surface area contributed by atoms with E-state index in [0.717, 1.165) is 32.1 Å². The van der Waals surface area contributed by atoms with Gasteiger partial charge in [0.2, 0.25) is 0 Å². The number of phosphoric ester groups is 1. The highest BCUT2D eigenvalue weighted by Crippen LogP contribution is 2.38. The van der Waals surface area contributed by atoms with Gasteiger partial charge < -0.3 is 27.9 Å². The molecule has 0 saturated heterocycles. The first-order valence-electron chi connectivity index (χ1n) is 28.2. The molecule has 0 spiro atoms. The van der Waals surface area contributed by atoms with Crippen molar-refractivity contribution in [3.8, 4) is 0 Å². The van der Waals surface area contributed by atoms with Gasteiger partial charge in [-0.25, -0.2) is 0 Å². The third-order valence-corrected chi connectivity index (χ3v) is 13.8. The molecule has 0 aromatic carbocycles. The summed E-state index contributed by atoms with van der Waals surface area (Å²) in [5, 5.41) is 0. The summed E-state index contributed by atoms with van der Waals surface area (Å²) in [6.07, 6.45) is 53.0. The fourth-order valence-corrected chi connectivity index (χ4v) is 9.21. The molecule has 2 unspecified atom stereocenters. The molecule has 0 heterocycles. The van der Waals surface area contributed by atoms with Crippen LogP contribution >= 0.6 is 7.82 Å². The Balaban J connectivity index is 3.99. The molecule has 0 amide bonds. The Labute approximate surface area is 404 Å². The fourth-order valence-electron chi connectivity index (χ4n) is 8.48. The van der Waals surface area contributed by atoms with Crippen molar-refractivity contribution >= 4 is 19.8 Å². The molecular weight excluding hydrogens is 834 g/mol. The quantitative estimate of drug-likeness (QED) is 0.0257. The van der Waals surface area contributed by atoms with Gasteiger partial charge >= 0.3 is 11.9 Å². The van der Waals surface area contributed by atoms with Gasteiger partial charge in [0.15, 0.2) is 6.10 Å². The maximum Gasteiger partial charge on any atom is 0.306 e. The van der Waals surface area contributed by atoms with Gasteiger partial charge in [-0.15, -0.1) is 0 Å². The number of esters is 2. The van der Waals surface area contributed by atoms with Gasteiger partial charge in [0.25, 0.3) is 7.82 Å². The Kier molecular flexibility index (Phi) is 47.3. The number of likely N-dealkylation sites (N-methyl/N-ethyl adjacent to an activating group) is 1. The average molecular weight is 944 g/mol. The topological polar surface area (TPSA) is 111 Å². The SMILES string of the molecule is CCCCCCCCCCCCCCCCCCCCCCCCCCCCCCCC(=O)OC(COC(=O)CCCCCCCCCCCCCC)COP(=O)([O-])OCC[N+](C)(C)C. The first kappa shape index (κ1) is 64.0. The summed E-state index contributed by atoms with van der Waals surface area (Å²) in [7, 11) is 1.19. The zero-order chi connectivity index (χ0) is 47.8. The van der Waals surface area contributed by atoms with Crippen molar-refractivity contribution in [2.24, 2.45) is 0 Å². The van der Waals surface area contributed by atoms with Crippen LogP contribution in [-0.2, 0) is 32.7 Å². The van der Waals surface area contributed by atoms with E-state index in [2.05, 4.69) is 13.8 Å². The minimum atomic E-state index is -4.62. The summed E-state index contributed by atoms with van der Waals surface area (Å²) in [6.45, 7) is 4.29. The molecule has 9 nitrogen and oxygen atoms in total. The minimum Gasteiger partial charge on any atom is -0.756 e. The molecule has 0 N–H and O–H groups in total. The number of nitrogens with zero attached hydrogens (tertiary/aromatic N) is 1. The number of phosphoric acid groups is 1. The second-order valence-corrected chi connectivity index (χ2v) is 22.1. The van der Waals surface area contributed by atoms with Gasteiger partial charge in [-0.3, -0.25) is 14.2 Å². The average Bonchev–Trinajstić information content (AvgIpc) is 3.26. The van der Waals surface area contributed by atoms with Crippen molar-refractivity contribution in [1.82, 2.24) is 0 Å². The molecule has 65 heavy (non-hydrogen) atoms. The summed E-state index contributed by atoms with van der Waals surface area (Å²) in [5.74, 6) is -0.814. The van der Waals surface area contributed by atoms with Crippen LogP contribution < -0.4 is 4.89 Å². The van der Waals surface area contributed by atoms with Crippen molar-refractivity contribution < 1.29 is 42.1 Å². The highest BCUT2D eigenvalue weighted by Gasteiger charge is 2.22. The van der Waals surface area contributed by atoms with E-state index in [1.54, 1.807) is 0 Å². The third-order valence-electron chi connectivity index (χ3n) is 12.9. The van der Waals surface area contributed by atoms with E-state index in [-0.39, 0.29) is 32.0 Å². The first-order chi connectivity index (χ1) is 31.5. The van der Waals surface area contributed by atoms with Gasteiger partial charge in [-0.1, -0.05) is 264 Å². The summed E-state index contributed by atoms with van der Waals surface area (Å²) in [6, 6.07) is 0. The van der Waals surface area contributed by atoms with Crippen molar-refractivity contribution in [1.29, 1.82) is 0 Å². The van der Waals surface area contributed by atoms with E-state index in [4.69, 9.17) is 18.5 Å². The molecule has 0 saturated carbocycles. The molecule has 0 aliphatic rings. The number of hydrogen-bond donors (Lipinski definition) is 0. The highest BCUT2D eigenvalue weighted by atomic mass is 31.2. The Bertz CT molecular complexity index is 1070. The van der Waals surface area contributed by atoms with Crippen molar-refractivity contribution in [2.75, 3.05) is 47.5 Å². The van der Waals surface area contributed by atoms with Crippen LogP contribution in [0.5, 0.6) is 0 Å². The standard InChI is InChI=1S/C55H110NO8P/c1-6-8-10-12-14-16-18-20-21-22-23-24-25-26-27-28-29-30-31-32-33-34-35-36-38-40-42-44-46-48-55(58)64-53(52-63-65(59,60)62-50-49-56(3,4)5)51-61-54(57)47-45-43-41-39-37-19-17-15-13-11-9-7-2/h53H,6-52H2,1-5H3. The molecule has 0 aromatic heterocycles. The normalized spacial score (nSPS) is 13.3. The molecule has 0 aliphatic carbocycles. The molecule has 2 atom stereocenters. The van der Waals surface area contributed by atoms with Crippen LogP contribution in [0.15, 0.2) is 0 Å². The Morgan fingerprint density at radius 1 is 0.415 bits per heavy atom. The highest BCUT2D eigenvalue weighted by molar-refractivity contribution is 7.45. The zero-order valence-electron chi connectivity index (χ0n) is 44.0. The van der Waals surface area contributed by atoms with Gasteiger partial charge in [0.1, 0.15) is 19.8 Å². The van der Waals surface area contributed by atoms with Crippen LogP contribution in [0.25, 0.3) is 0 Å². The number of ether oxygens (including phenoxy) is 2. The molecular formula is C55H110NO8P. The zero-order valence-corrected chi connectivity index (χ0v) is 44.9. The molecule has 0 aromatic rings. The monoisotopic (exact) mass is 944 g/mol. The van der Waals surface area contributed by atoms with Crippen LogP contribution in [0.4, 0.5) is 0 Å². The van der Waals surface area contributed by atoms with E-state index in [0.29, 0.717) is 17.4 Å². The smallest absolute Gasteiger partial charge is 0.306 e. The lowest BCUT2D eigenvalue weighted by molar-refractivity contribution is -0.870. The van der Waals surface area contributed by atoms with Gasteiger partial charge in [-0.05, 0) is 12.8 Å². The van der Waals surface area contributed by atoms with Gasteiger partial charge in [-0.2, -0.15) is 0 Å². The van der Waals surface area contributed by atoms with Crippen molar-refractivity contribution in [3.05, 3.63) is 0 Å². The van der Waals surface area contributed by atoms with Crippen molar-refractivity contribution in [2.45, 2.75) is 296 Å². The van der Waals surface area contributed by atoms with Crippen LogP contribution in [0.2, 0.25) is 0 Å². The van der Waals surface area contributed by atoms with E-state index >= 15 is 0 Å². The summed E-state index contributed by atoms with van der Waals surface area (Å²) in [4.78, 5) is 37.7. The predicted molar refractivity (Wildman–Crippen MR) is 273 cm³/mol. The fraction of sp³-hybridized carbons (Fsp3) is 0.964. The maximum atomic E-state index is 12.8. The van der Waals surface area contributed by atoms with Crippen LogP contribution in [-0.4, -0.2) is 70.0 Å². The molecule has 0 aliphatic heterocycles. The van der Waals surface area contributed by atoms with Gasteiger partial charge in [0, 0.05) is 12.8 Å². The summed E-state index contributed by atoms with van der Waals surface area (Å²) < 4.78 is 34.1. The van der Waals surface area contributed by atoms with Crippen molar-refractivity contribution in [3.63, 3.8) is 0 Å². The number of quaternary nitrogens is 1. The van der Waals surface area contributed by atoms with E-state index in [1.165, 1.54) is 225 Å². The van der Waals surface area contributed by atoms with E-state index in [1.807, 2.05) is 21.1 Å².